The first-order chi connectivity index (χ1) is 4.70. The van der Waals surface area contributed by atoms with Crippen molar-refractivity contribution in [2.75, 3.05) is 6.26 Å². The minimum Gasteiger partial charge on any atom is -0.236 e. The Labute approximate surface area is 66.2 Å². The number of amidine groups is 1. The largest absolute Gasteiger partial charge is 0.236 e. The van der Waals surface area contributed by atoms with Gasteiger partial charge in [-0.3, -0.25) is 0 Å². The van der Waals surface area contributed by atoms with E-state index in [2.05, 4.69) is 16.6 Å². The molecule has 0 N–H and O–H groups in total. The number of hydrogen-bond acceptors (Lipinski definition) is 2. The second kappa shape index (κ2) is 5.23. The molecule has 0 aliphatic rings. The van der Waals surface area contributed by atoms with Crippen LogP contribution in [0.15, 0.2) is 22.3 Å². The van der Waals surface area contributed by atoms with Gasteiger partial charge >= 0.3 is 0 Å². The molecule has 0 amide bonds. The third-order valence-electron chi connectivity index (χ3n) is 0.709. The highest BCUT2D eigenvalue weighted by Crippen LogP contribution is 2.02. The zero-order valence-corrected chi connectivity index (χ0v) is 7.40. The maximum Gasteiger partial charge on any atom is 0.187 e. The standard InChI is InChI=1S/C7H12N2S/c1-5-8-7(10-4)9-6(2)3/h5H,2H2,1,3-4H3/b8-5-,9-7?. The van der Waals surface area contributed by atoms with Gasteiger partial charge in [0.2, 0.25) is 0 Å². The van der Waals surface area contributed by atoms with Crippen molar-refractivity contribution >= 4 is 23.1 Å². The first-order valence-corrected chi connectivity index (χ1v) is 4.20. The molecule has 0 rings (SSSR count). The molecule has 10 heavy (non-hydrogen) atoms. The highest BCUT2D eigenvalue weighted by molar-refractivity contribution is 8.13. The molecular formula is C7H12N2S. The molecule has 3 heteroatoms. The molecule has 0 saturated heterocycles. The van der Waals surface area contributed by atoms with Crippen LogP contribution in [0.5, 0.6) is 0 Å². The van der Waals surface area contributed by atoms with Gasteiger partial charge in [0.15, 0.2) is 5.17 Å². The van der Waals surface area contributed by atoms with Gasteiger partial charge in [0.1, 0.15) is 0 Å². The topological polar surface area (TPSA) is 24.7 Å². The molecule has 0 atom stereocenters. The van der Waals surface area contributed by atoms with E-state index in [1.54, 1.807) is 6.21 Å². The van der Waals surface area contributed by atoms with E-state index in [0.29, 0.717) is 0 Å². The summed E-state index contributed by atoms with van der Waals surface area (Å²) in [6, 6.07) is 0. The van der Waals surface area contributed by atoms with Gasteiger partial charge < -0.3 is 0 Å². The van der Waals surface area contributed by atoms with Gasteiger partial charge in [-0.15, -0.1) is 0 Å². The van der Waals surface area contributed by atoms with Crippen LogP contribution < -0.4 is 0 Å². The molecule has 0 saturated carbocycles. The second-order valence-corrected chi connectivity index (χ2v) is 2.49. The third-order valence-corrected chi connectivity index (χ3v) is 1.27. The van der Waals surface area contributed by atoms with Gasteiger partial charge in [0, 0.05) is 11.9 Å². The molecule has 0 aromatic heterocycles. The molecule has 0 aliphatic heterocycles. The Morgan fingerprint density at radius 2 is 2.20 bits per heavy atom. The number of nitrogens with zero attached hydrogens (tertiary/aromatic N) is 2. The fraction of sp³-hybridized carbons (Fsp3) is 0.429. The minimum absolute atomic E-state index is 0.759. The van der Waals surface area contributed by atoms with Crippen molar-refractivity contribution in [2.24, 2.45) is 9.98 Å². The molecule has 0 spiro atoms. The van der Waals surface area contributed by atoms with Crippen LogP contribution >= 0.6 is 11.8 Å². The van der Waals surface area contributed by atoms with E-state index in [1.165, 1.54) is 11.8 Å². The Bertz CT molecular complexity index is 170. The summed E-state index contributed by atoms with van der Waals surface area (Å²) >= 11 is 1.51. The summed E-state index contributed by atoms with van der Waals surface area (Å²) in [5, 5.41) is 0.759. The van der Waals surface area contributed by atoms with Crippen molar-refractivity contribution in [3.63, 3.8) is 0 Å². The predicted molar refractivity (Wildman–Crippen MR) is 49.9 cm³/mol. The monoisotopic (exact) mass is 156 g/mol. The molecule has 0 fully saturated rings. The van der Waals surface area contributed by atoms with E-state index in [4.69, 9.17) is 0 Å². The van der Waals surface area contributed by atoms with E-state index < -0.39 is 0 Å². The fourth-order valence-corrected chi connectivity index (χ4v) is 0.859. The van der Waals surface area contributed by atoms with Crippen LogP contribution in [0.2, 0.25) is 0 Å². The molecule has 0 radical (unpaired) electrons. The smallest absolute Gasteiger partial charge is 0.187 e. The molecule has 0 bridgehead atoms. The van der Waals surface area contributed by atoms with Gasteiger partial charge in [0.05, 0.1) is 0 Å². The average Bonchev–Trinajstić information content (AvgIpc) is 1.86. The number of rotatable bonds is 1. The van der Waals surface area contributed by atoms with Gasteiger partial charge in [-0.05, 0) is 20.1 Å². The van der Waals surface area contributed by atoms with Crippen molar-refractivity contribution in [1.29, 1.82) is 0 Å². The fourth-order valence-electron chi connectivity index (χ4n) is 0.401. The quantitative estimate of drug-likeness (QED) is 0.422. The zero-order valence-electron chi connectivity index (χ0n) is 6.59. The maximum atomic E-state index is 4.07. The predicted octanol–water partition coefficient (Wildman–Crippen LogP) is 2.33. The third kappa shape index (κ3) is 4.32. The maximum absolute atomic E-state index is 4.07. The normalized spacial score (nSPS) is 12.5. The first kappa shape index (κ1) is 9.43. The molecule has 0 unspecified atom stereocenters. The van der Waals surface area contributed by atoms with Crippen LogP contribution in [-0.2, 0) is 0 Å². The van der Waals surface area contributed by atoms with Gasteiger partial charge in [-0.25, -0.2) is 9.98 Å². The number of aliphatic imine (C=N–C) groups is 2. The van der Waals surface area contributed by atoms with Gasteiger partial charge in [-0.2, -0.15) is 0 Å². The van der Waals surface area contributed by atoms with Crippen LogP contribution in [0.4, 0.5) is 0 Å². The zero-order chi connectivity index (χ0) is 7.98. The Morgan fingerprint density at radius 1 is 1.60 bits per heavy atom. The molecule has 2 nitrogen and oxygen atoms in total. The van der Waals surface area contributed by atoms with Crippen LogP contribution in [0.25, 0.3) is 0 Å². The average molecular weight is 156 g/mol. The Morgan fingerprint density at radius 3 is 2.50 bits per heavy atom. The second-order valence-electron chi connectivity index (χ2n) is 1.72. The summed E-state index contributed by atoms with van der Waals surface area (Å²) in [7, 11) is 0. The Balaban J connectivity index is 4.18. The SMILES string of the molecule is C=C(C)N=C(/N=C\C)SC. The lowest BCUT2D eigenvalue weighted by Crippen LogP contribution is -1.85. The summed E-state index contributed by atoms with van der Waals surface area (Å²) in [6.07, 6.45) is 3.66. The van der Waals surface area contributed by atoms with E-state index in [-0.39, 0.29) is 0 Å². The lowest BCUT2D eigenvalue weighted by molar-refractivity contribution is 1.32. The molecular weight excluding hydrogens is 144 g/mol. The van der Waals surface area contributed by atoms with E-state index in [9.17, 15) is 0 Å². The van der Waals surface area contributed by atoms with Crippen molar-refractivity contribution in [3.8, 4) is 0 Å². The molecule has 0 aliphatic carbocycles. The Hall–Kier alpha value is -0.570. The van der Waals surface area contributed by atoms with Crippen molar-refractivity contribution < 1.29 is 0 Å². The molecule has 56 valence electrons. The lowest BCUT2D eigenvalue weighted by atomic mass is 10.6. The summed E-state index contributed by atoms with van der Waals surface area (Å²) in [5.41, 5.74) is 0.787. The summed E-state index contributed by atoms with van der Waals surface area (Å²) in [5.74, 6) is 0. The van der Waals surface area contributed by atoms with Crippen LogP contribution in [0.3, 0.4) is 0 Å². The number of thioether (sulfide) groups is 1. The number of allylic oxidation sites excluding steroid dienone is 1. The molecule has 0 aromatic carbocycles. The van der Waals surface area contributed by atoms with Gasteiger partial charge in [-0.1, -0.05) is 18.3 Å². The van der Waals surface area contributed by atoms with Crippen molar-refractivity contribution in [1.82, 2.24) is 0 Å². The summed E-state index contributed by atoms with van der Waals surface area (Å²) in [4.78, 5) is 8.08. The van der Waals surface area contributed by atoms with E-state index in [0.717, 1.165) is 10.9 Å². The molecule has 0 heterocycles. The number of hydrogen-bond donors (Lipinski definition) is 0. The van der Waals surface area contributed by atoms with Crippen molar-refractivity contribution in [3.05, 3.63) is 12.3 Å². The van der Waals surface area contributed by atoms with E-state index >= 15 is 0 Å². The van der Waals surface area contributed by atoms with Gasteiger partial charge in [0.25, 0.3) is 0 Å². The summed E-state index contributed by atoms with van der Waals surface area (Å²) < 4.78 is 0. The summed E-state index contributed by atoms with van der Waals surface area (Å²) in [6.45, 7) is 7.36. The minimum atomic E-state index is 0.759. The van der Waals surface area contributed by atoms with E-state index in [1.807, 2.05) is 20.1 Å². The first-order valence-electron chi connectivity index (χ1n) is 2.97. The highest BCUT2D eigenvalue weighted by Gasteiger charge is 1.89. The Kier molecular flexibility index (Phi) is 4.94. The van der Waals surface area contributed by atoms with Crippen LogP contribution in [0, 0.1) is 0 Å². The molecule has 0 aromatic rings. The van der Waals surface area contributed by atoms with Crippen molar-refractivity contribution in [2.45, 2.75) is 13.8 Å². The van der Waals surface area contributed by atoms with Crippen LogP contribution in [0.1, 0.15) is 13.8 Å². The lowest BCUT2D eigenvalue weighted by Gasteiger charge is -1.92. The van der Waals surface area contributed by atoms with Crippen LogP contribution in [-0.4, -0.2) is 17.6 Å². The highest BCUT2D eigenvalue weighted by atomic mass is 32.2.